The molecule has 0 spiro atoms. The van der Waals surface area contributed by atoms with Crippen LogP contribution in [0, 0.1) is 0 Å². The smallest absolute Gasteiger partial charge is 0.164 e. The number of fused-ring (bicyclic) bond motifs is 6. The zero-order valence-corrected chi connectivity index (χ0v) is 30.1. The molecule has 0 amide bonds. The Hall–Kier alpha value is -7.63. The fraction of sp³-hybridized carbons (Fsp3) is 0. The van der Waals surface area contributed by atoms with Gasteiger partial charge in [-0.3, -0.25) is 0 Å². The predicted octanol–water partition coefficient (Wildman–Crippen LogP) is 13.7. The van der Waals surface area contributed by atoms with E-state index in [0.717, 1.165) is 93.9 Å². The van der Waals surface area contributed by atoms with Crippen LogP contribution in [0.25, 0.3) is 111 Å². The van der Waals surface area contributed by atoms with Gasteiger partial charge < -0.3 is 8.83 Å². The Morgan fingerprint density at radius 3 is 1.43 bits per heavy atom. The van der Waals surface area contributed by atoms with Crippen molar-refractivity contribution in [3.63, 3.8) is 0 Å². The number of hydrogen-bond acceptors (Lipinski definition) is 5. The average molecular weight is 718 g/mol. The molecule has 8 aromatic carbocycles. The quantitative estimate of drug-likeness (QED) is 0.171. The lowest BCUT2D eigenvalue weighted by Gasteiger charge is -2.10. The van der Waals surface area contributed by atoms with Crippen LogP contribution in [0.2, 0.25) is 0 Å². The first-order valence-corrected chi connectivity index (χ1v) is 18.7. The molecule has 11 aromatic rings. The zero-order valence-electron chi connectivity index (χ0n) is 30.1. The third-order valence-electron chi connectivity index (χ3n) is 10.6. The molecule has 0 bridgehead atoms. The number of nitrogens with zero attached hydrogens (tertiary/aromatic N) is 3. The molecule has 11 rings (SSSR count). The van der Waals surface area contributed by atoms with Gasteiger partial charge in [-0.1, -0.05) is 164 Å². The number of para-hydroxylation sites is 2. The fourth-order valence-corrected chi connectivity index (χ4v) is 7.80. The van der Waals surface area contributed by atoms with E-state index >= 15 is 0 Å². The van der Waals surface area contributed by atoms with Gasteiger partial charge in [0.05, 0.1) is 0 Å². The van der Waals surface area contributed by atoms with Crippen molar-refractivity contribution >= 4 is 43.9 Å². The summed E-state index contributed by atoms with van der Waals surface area (Å²) >= 11 is 0. The van der Waals surface area contributed by atoms with Crippen molar-refractivity contribution in [2.75, 3.05) is 0 Å². The highest BCUT2D eigenvalue weighted by molar-refractivity contribution is 6.17. The average Bonchev–Trinajstić information content (AvgIpc) is 3.85. The van der Waals surface area contributed by atoms with Crippen LogP contribution in [0.4, 0.5) is 0 Å². The molecular formula is C51H31N3O2. The first kappa shape index (κ1) is 31.9. The molecule has 0 N–H and O–H groups in total. The second kappa shape index (κ2) is 13.0. The summed E-state index contributed by atoms with van der Waals surface area (Å²) < 4.78 is 13.0. The van der Waals surface area contributed by atoms with Gasteiger partial charge in [-0.15, -0.1) is 0 Å². The monoisotopic (exact) mass is 717 g/mol. The van der Waals surface area contributed by atoms with E-state index in [4.69, 9.17) is 23.8 Å². The Kier molecular flexibility index (Phi) is 7.42. The largest absolute Gasteiger partial charge is 0.456 e. The lowest BCUT2D eigenvalue weighted by molar-refractivity contribution is 0.669. The van der Waals surface area contributed by atoms with E-state index in [2.05, 4.69) is 140 Å². The fourth-order valence-electron chi connectivity index (χ4n) is 7.80. The van der Waals surface area contributed by atoms with Crippen molar-refractivity contribution in [2.45, 2.75) is 0 Å². The molecule has 0 saturated heterocycles. The Balaban J connectivity index is 1.04. The summed E-state index contributed by atoms with van der Waals surface area (Å²) in [6, 6.07) is 64.5. The van der Waals surface area contributed by atoms with Gasteiger partial charge >= 0.3 is 0 Å². The van der Waals surface area contributed by atoms with E-state index in [9.17, 15) is 0 Å². The zero-order chi connectivity index (χ0) is 37.0. The van der Waals surface area contributed by atoms with Gasteiger partial charge in [0.1, 0.15) is 22.3 Å². The first-order valence-electron chi connectivity index (χ1n) is 18.7. The number of furan rings is 2. The van der Waals surface area contributed by atoms with Gasteiger partial charge in [0.2, 0.25) is 0 Å². The normalized spacial score (nSPS) is 11.6. The van der Waals surface area contributed by atoms with Crippen LogP contribution in [0.3, 0.4) is 0 Å². The molecule has 0 radical (unpaired) electrons. The van der Waals surface area contributed by atoms with E-state index in [1.54, 1.807) is 0 Å². The minimum atomic E-state index is 0.568. The third kappa shape index (κ3) is 5.45. The molecule has 3 aromatic heterocycles. The lowest BCUT2D eigenvalue weighted by atomic mass is 9.97. The van der Waals surface area contributed by atoms with E-state index in [0.29, 0.717) is 17.5 Å². The summed E-state index contributed by atoms with van der Waals surface area (Å²) in [4.78, 5) is 15.2. The molecule has 0 aliphatic heterocycles. The number of hydrogen-bond donors (Lipinski definition) is 0. The minimum absolute atomic E-state index is 0.568. The van der Waals surface area contributed by atoms with Gasteiger partial charge in [-0.05, 0) is 52.1 Å². The SMILES string of the molecule is c1ccc(-c2ccc(-c3nc(-c4ccc(-c5ccccc5)cc4)nc(-c4ccc5c(c4)oc4cccc(-c6cccc7c6oc6ccccc67)c45)n3)cc2)cc1. The third-order valence-corrected chi connectivity index (χ3v) is 10.6. The van der Waals surface area contributed by atoms with Gasteiger partial charge in [0.15, 0.2) is 17.5 Å². The van der Waals surface area contributed by atoms with Crippen molar-refractivity contribution in [2.24, 2.45) is 0 Å². The van der Waals surface area contributed by atoms with Crippen molar-refractivity contribution in [1.29, 1.82) is 0 Å². The van der Waals surface area contributed by atoms with Crippen molar-refractivity contribution in [3.8, 4) is 67.5 Å². The van der Waals surface area contributed by atoms with E-state index in [1.807, 2.05) is 48.5 Å². The Bertz CT molecular complexity index is 3120. The molecule has 262 valence electrons. The minimum Gasteiger partial charge on any atom is -0.456 e. The van der Waals surface area contributed by atoms with Crippen molar-refractivity contribution in [1.82, 2.24) is 15.0 Å². The topological polar surface area (TPSA) is 65.0 Å². The van der Waals surface area contributed by atoms with E-state index < -0.39 is 0 Å². The summed E-state index contributed by atoms with van der Waals surface area (Å²) in [6.07, 6.45) is 0. The lowest BCUT2D eigenvalue weighted by Crippen LogP contribution is -2.00. The summed E-state index contributed by atoms with van der Waals surface area (Å²) in [5.74, 6) is 1.77. The second-order valence-electron chi connectivity index (χ2n) is 14.0. The number of aromatic nitrogens is 3. The standard InChI is InChI=1S/C51H31N3O2/c1-3-11-32(12-4-1)34-21-25-36(26-22-34)49-52-50(37-27-23-35(24-28-37)33-13-5-2-6-14-33)54-51(53-49)38-29-30-43-46(31-38)55-45-20-10-16-40(47(43)45)42-18-9-17-41-39-15-7-8-19-44(39)56-48(41)42/h1-31H. The Labute approximate surface area is 322 Å². The highest BCUT2D eigenvalue weighted by atomic mass is 16.3. The van der Waals surface area contributed by atoms with Crippen LogP contribution in [-0.2, 0) is 0 Å². The van der Waals surface area contributed by atoms with Crippen LogP contribution >= 0.6 is 0 Å². The van der Waals surface area contributed by atoms with Crippen molar-refractivity contribution in [3.05, 3.63) is 188 Å². The molecule has 5 nitrogen and oxygen atoms in total. The maximum atomic E-state index is 6.59. The summed E-state index contributed by atoms with van der Waals surface area (Å²) in [7, 11) is 0. The van der Waals surface area contributed by atoms with Gasteiger partial charge in [-0.25, -0.2) is 15.0 Å². The number of benzene rings is 8. The maximum absolute atomic E-state index is 6.59. The number of rotatable bonds is 6. The van der Waals surface area contributed by atoms with E-state index in [-0.39, 0.29) is 0 Å². The molecule has 0 unspecified atom stereocenters. The van der Waals surface area contributed by atoms with Gasteiger partial charge in [-0.2, -0.15) is 0 Å². The molecule has 5 heteroatoms. The highest BCUT2D eigenvalue weighted by Crippen LogP contribution is 2.42. The molecule has 0 fully saturated rings. The molecule has 0 atom stereocenters. The van der Waals surface area contributed by atoms with E-state index in [1.165, 1.54) is 0 Å². The van der Waals surface area contributed by atoms with Gasteiger partial charge in [0.25, 0.3) is 0 Å². The molecule has 3 heterocycles. The Morgan fingerprint density at radius 2 is 0.768 bits per heavy atom. The molecule has 0 aliphatic rings. The van der Waals surface area contributed by atoms with Crippen LogP contribution < -0.4 is 0 Å². The molecule has 0 aliphatic carbocycles. The Morgan fingerprint density at radius 1 is 0.286 bits per heavy atom. The molecule has 0 saturated carbocycles. The maximum Gasteiger partial charge on any atom is 0.164 e. The van der Waals surface area contributed by atoms with Gasteiger partial charge in [0, 0.05) is 43.8 Å². The first-order chi connectivity index (χ1) is 27.7. The van der Waals surface area contributed by atoms with Crippen LogP contribution in [-0.4, -0.2) is 15.0 Å². The molecule has 56 heavy (non-hydrogen) atoms. The summed E-state index contributed by atoms with van der Waals surface area (Å²) in [5.41, 5.74) is 12.6. The summed E-state index contributed by atoms with van der Waals surface area (Å²) in [5, 5.41) is 4.25. The highest BCUT2D eigenvalue weighted by Gasteiger charge is 2.19. The van der Waals surface area contributed by atoms with Crippen molar-refractivity contribution < 1.29 is 8.83 Å². The predicted molar refractivity (Wildman–Crippen MR) is 227 cm³/mol. The van der Waals surface area contributed by atoms with Crippen LogP contribution in [0.15, 0.2) is 197 Å². The second-order valence-corrected chi connectivity index (χ2v) is 14.0. The summed E-state index contributed by atoms with van der Waals surface area (Å²) in [6.45, 7) is 0. The van der Waals surface area contributed by atoms with Crippen LogP contribution in [0.1, 0.15) is 0 Å². The van der Waals surface area contributed by atoms with Crippen LogP contribution in [0.5, 0.6) is 0 Å². The molecular weight excluding hydrogens is 687 g/mol.